The van der Waals surface area contributed by atoms with Crippen LogP contribution in [0.15, 0.2) is 413 Å². The van der Waals surface area contributed by atoms with Crippen LogP contribution in [0, 0.1) is 0 Å². The molecule has 548 valence electrons. The van der Waals surface area contributed by atoms with Gasteiger partial charge in [-0.15, -0.1) is 0 Å². The summed E-state index contributed by atoms with van der Waals surface area (Å²) in [4.78, 5) is 21.1. The molecule has 8 nitrogen and oxygen atoms in total. The quantitative estimate of drug-likeness (QED) is 0.135. The summed E-state index contributed by atoms with van der Waals surface area (Å²) in [6, 6.07) is 146. The molecule has 0 spiro atoms. The number of nitrogens with zero attached hydrogens (tertiary/aromatic N) is 8. The lowest BCUT2D eigenvalue weighted by molar-refractivity contribution is 1.17. The van der Waals surface area contributed by atoms with E-state index in [0.29, 0.717) is 0 Å². The fraction of sp³-hybridized carbons (Fsp3) is 0. The summed E-state index contributed by atoms with van der Waals surface area (Å²) in [5, 5.41) is 19.2. The van der Waals surface area contributed by atoms with Gasteiger partial charge in [0.15, 0.2) is 0 Å². The van der Waals surface area contributed by atoms with Gasteiger partial charge in [0.1, 0.15) is 0 Å². The van der Waals surface area contributed by atoms with Gasteiger partial charge in [-0.1, -0.05) is 309 Å². The summed E-state index contributed by atoms with van der Waals surface area (Å²) in [7, 11) is 0. The maximum Gasteiger partial charge on any atom is 0.0979 e. The first kappa shape index (κ1) is 66.7. The predicted molar refractivity (Wildman–Crippen MR) is 494 cm³/mol. The second-order valence-corrected chi connectivity index (χ2v) is 30.7. The van der Waals surface area contributed by atoms with Crippen molar-refractivity contribution in [3.63, 3.8) is 0 Å². The van der Waals surface area contributed by atoms with Crippen molar-refractivity contribution < 1.29 is 0 Å². The Hall–Kier alpha value is -15.9. The van der Waals surface area contributed by atoms with E-state index < -0.39 is 0 Å². The number of hydrogen-bond acceptors (Lipinski definition) is 4. The van der Waals surface area contributed by atoms with Crippen LogP contribution in [0.2, 0.25) is 0 Å². The van der Waals surface area contributed by atoms with Crippen molar-refractivity contribution >= 4 is 152 Å². The molecule has 25 aromatic rings. The lowest BCUT2D eigenvalue weighted by Crippen LogP contribution is -1.97. The highest BCUT2D eigenvalue weighted by atomic mass is 15.0. The minimum Gasteiger partial charge on any atom is -0.309 e. The van der Waals surface area contributed by atoms with E-state index in [1.807, 2.05) is 12.3 Å². The van der Waals surface area contributed by atoms with Crippen molar-refractivity contribution in [1.29, 1.82) is 0 Å². The van der Waals surface area contributed by atoms with Crippen LogP contribution in [-0.4, -0.2) is 38.2 Å². The largest absolute Gasteiger partial charge is 0.309 e. The first-order valence-electron chi connectivity index (χ1n) is 40.2. The van der Waals surface area contributed by atoms with Crippen LogP contribution in [0.5, 0.6) is 0 Å². The lowest BCUT2D eigenvalue weighted by Gasteiger charge is -2.15. The molecule has 0 N–H and O–H groups in total. The molecule has 0 fully saturated rings. The summed E-state index contributed by atoms with van der Waals surface area (Å²) in [5.74, 6) is 0. The smallest absolute Gasteiger partial charge is 0.0979 e. The minimum absolute atomic E-state index is 0.868. The van der Waals surface area contributed by atoms with Gasteiger partial charge >= 0.3 is 0 Å². The molecular formula is C110H68N8. The fourth-order valence-electron chi connectivity index (χ4n) is 18.8. The maximum atomic E-state index is 5.48. The molecule has 19 aromatic carbocycles. The van der Waals surface area contributed by atoms with Crippen molar-refractivity contribution in [2.24, 2.45) is 0 Å². The number of fused-ring (bicyclic) bond motifs is 24. The van der Waals surface area contributed by atoms with Gasteiger partial charge < -0.3 is 18.3 Å². The molecule has 118 heavy (non-hydrogen) atoms. The number of aromatic nitrogens is 8. The van der Waals surface area contributed by atoms with Gasteiger partial charge in [0.25, 0.3) is 0 Å². The van der Waals surface area contributed by atoms with Crippen LogP contribution in [0.25, 0.3) is 231 Å². The Bertz CT molecular complexity index is 8340. The van der Waals surface area contributed by atoms with Crippen molar-refractivity contribution in [3.05, 3.63) is 413 Å². The normalized spacial score (nSPS) is 11.9. The summed E-state index contributed by atoms with van der Waals surface area (Å²) in [6.45, 7) is 0. The number of benzene rings is 19. The van der Waals surface area contributed by atoms with Crippen molar-refractivity contribution in [1.82, 2.24) is 38.2 Å². The Balaban J connectivity index is 0.000000135. The standard InChI is InChI=1S/C58H36N4.C52H32N4/c1-3-15-39(16-4-1)55-56(60-58-48-24-10-8-20-44(48)43-19-7-9-23-47(43)57(58)59-55)40-29-27-37(28-30-40)38-31-33-42(34-32-38)62-52-26-14-12-22-46(52)50-35-53-49(36-54(50)62)45-21-11-13-25-51(45)61(53)41-17-5-2-6-18-41;1-2-12-36(13-3-1)55-47-20-10-8-16-40(47)44-31-50-45(30-49(44)55)41-17-9-11-21-48(41)56(50)37-28-26-34(27-29-37)33-22-24-35(25-23-33)46-32-53-51-42-18-6-4-14-38(42)39-15-5-7-19-43(39)52(51)54-46/h1-36H;1-32H. The van der Waals surface area contributed by atoms with E-state index in [-0.39, 0.29) is 0 Å². The van der Waals surface area contributed by atoms with Crippen LogP contribution in [-0.2, 0) is 0 Å². The number of para-hydroxylation sites is 6. The van der Waals surface area contributed by atoms with Gasteiger partial charge in [0.05, 0.1) is 89.5 Å². The van der Waals surface area contributed by atoms with Gasteiger partial charge in [-0.25, -0.2) is 15.0 Å². The van der Waals surface area contributed by atoms with E-state index >= 15 is 0 Å². The van der Waals surface area contributed by atoms with Crippen LogP contribution < -0.4 is 0 Å². The number of rotatable bonds is 9. The summed E-state index contributed by atoms with van der Waals surface area (Å²) in [5.41, 5.74) is 28.3. The minimum atomic E-state index is 0.868. The lowest BCUT2D eigenvalue weighted by atomic mass is 9.97. The van der Waals surface area contributed by atoms with Crippen LogP contribution in [0.3, 0.4) is 0 Å². The van der Waals surface area contributed by atoms with Gasteiger partial charge in [0, 0.05) is 104 Å². The molecule has 6 heterocycles. The number of hydrogen-bond donors (Lipinski definition) is 0. The Morgan fingerprint density at radius 3 is 0.729 bits per heavy atom. The molecule has 0 amide bonds. The first-order chi connectivity index (χ1) is 58.5. The molecule has 0 bridgehead atoms. The van der Waals surface area contributed by atoms with E-state index in [4.69, 9.17) is 19.9 Å². The predicted octanol–water partition coefficient (Wildman–Crippen LogP) is 28.6. The van der Waals surface area contributed by atoms with E-state index in [1.165, 1.54) is 109 Å². The third-order valence-electron chi connectivity index (χ3n) is 24.2. The Kier molecular flexibility index (Phi) is 15.2. The molecule has 0 radical (unpaired) electrons. The molecule has 0 aliphatic carbocycles. The van der Waals surface area contributed by atoms with E-state index in [2.05, 4.69) is 419 Å². The Morgan fingerprint density at radius 1 is 0.153 bits per heavy atom. The summed E-state index contributed by atoms with van der Waals surface area (Å²) >= 11 is 0. The third-order valence-corrected chi connectivity index (χ3v) is 24.2. The zero-order chi connectivity index (χ0) is 77.5. The second kappa shape index (κ2) is 26.9. The van der Waals surface area contributed by atoms with Gasteiger partial charge in [-0.05, 0) is 141 Å². The first-order valence-corrected chi connectivity index (χ1v) is 40.2. The van der Waals surface area contributed by atoms with Crippen LogP contribution in [0.1, 0.15) is 0 Å². The van der Waals surface area contributed by atoms with Crippen LogP contribution >= 0.6 is 0 Å². The highest BCUT2D eigenvalue weighted by Gasteiger charge is 2.24. The zero-order valence-corrected chi connectivity index (χ0v) is 63.8. The Labute approximate surface area is 677 Å². The molecular weight excluding hydrogens is 1430 g/mol. The molecule has 0 saturated heterocycles. The second-order valence-electron chi connectivity index (χ2n) is 30.7. The summed E-state index contributed by atoms with van der Waals surface area (Å²) in [6.07, 6.45) is 1.91. The highest BCUT2D eigenvalue weighted by molar-refractivity contribution is 6.26. The van der Waals surface area contributed by atoms with Crippen molar-refractivity contribution in [3.8, 4) is 78.8 Å². The Morgan fingerprint density at radius 2 is 0.390 bits per heavy atom. The molecule has 0 atom stereocenters. The van der Waals surface area contributed by atoms with Crippen molar-refractivity contribution in [2.75, 3.05) is 0 Å². The van der Waals surface area contributed by atoms with E-state index in [1.54, 1.807) is 0 Å². The van der Waals surface area contributed by atoms with E-state index in [9.17, 15) is 0 Å². The third kappa shape index (κ3) is 10.6. The SMILES string of the molecule is c1ccc(-c2nc3c4ccccc4c4ccccc4c3nc2-c2ccc(-c3ccc(-n4c5ccccc5c5cc6c(cc54)c4ccccc4n6-c4ccccc4)cc3)cc2)cc1.c1ccc(-n2c3ccccc3c3cc4c(cc32)c2ccccc2n4-c2ccc(-c3ccc(-c4cnc5c6ccccc6c6ccccc6c5n4)cc3)cc2)cc1. The monoisotopic (exact) mass is 1500 g/mol. The zero-order valence-electron chi connectivity index (χ0n) is 63.8. The topological polar surface area (TPSA) is 71.3 Å². The van der Waals surface area contributed by atoms with Gasteiger partial charge in [-0.2, -0.15) is 0 Å². The van der Waals surface area contributed by atoms with Gasteiger partial charge in [0.2, 0.25) is 0 Å². The molecule has 0 aliphatic heterocycles. The average molecular weight is 1500 g/mol. The molecule has 0 unspecified atom stereocenters. The molecule has 6 aromatic heterocycles. The molecule has 25 rings (SSSR count). The van der Waals surface area contributed by atoms with Crippen molar-refractivity contribution in [2.45, 2.75) is 0 Å². The molecule has 8 heteroatoms. The van der Waals surface area contributed by atoms with Crippen LogP contribution in [0.4, 0.5) is 0 Å². The van der Waals surface area contributed by atoms with Gasteiger partial charge in [-0.3, -0.25) is 4.98 Å². The molecule has 0 saturated carbocycles. The molecule has 0 aliphatic rings. The highest BCUT2D eigenvalue weighted by Crippen LogP contribution is 2.45. The van der Waals surface area contributed by atoms with E-state index in [0.717, 1.165) is 122 Å². The average Bonchev–Trinajstić information content (AvgIpc) is 1.51. The maximum absolute atomic E-state index is 5.48. The fourth-order valence-corrected chi connectivity index (χ4v) is 18.8. The summed E-state index contributed by atoms with van der Waals surface area (Å²) < 4.78 is 9.63.